The van der Waals surface area contributed by atoms with Gasteiger partial charge in [-0.15, -0.1) is 0 Å². The lowest BCUT2D eigenvalue weighted by molar-refractivity contribution is -0.440. The van der Waals surface area contributed by atoms with Crippen LogP contribution in [0.2, 0.25) is 0 Å². The van der Waals surface area contributed by atoms with Crippen LogP contribution in [0.4, 0.5) is 43.9 Å². The van der Waals surface area contributed by atoms with Gasteiger partial charge in [-0.3, -0.25) is 0 Å². The molecule has 0 aliphatic rings. The third-order valence-electron chi connectivity index (χ3n) is 2.59. The molecule has 0 saturated carbocycles. The van der Waals surface area contributed by atoms with Crippen molar-refractivity contribution < 1.29 is 53.7 Å². The molecule has 1 unspecified atom stereocenters. The maximum Gasteiger partial charge on any atom is 0.448 e. The van der Waals surface area contributed by atoms with Crippen LogP contribution in [0.3, 0.4) is 0 Å². The van der Waals surface area contributed by atoms with Crippen LogP contribution >= 0.6 is 0 Å². The van der Waals surface area contributed by atoms with Crippen molar-refractivity contribution in [2.75, 3.05) is 0 Å². The van der Waals surface area contributed by atoms with E-state index in [2.05, 4.69) is 4.74 Å². The molecule has 128 valence electrons. The van der Waals surface area contributed by atoms with E-state index < -0.39 is 42.5 Å². The van der Waals surface area contributed by atoms with Crippen LogP contribution < -0.4 is 0 Å². The number of ether oxygens (including phenoxy) is 1. The van der Waals surface area contributed by atoms with Gasteiger partial charge in [0, 0.05) is 6.92 Å². The number of hydrogen-bond acceptors (Lipinski definition) is 2. The Kier molecular flexibility index (Phi) is 4.68. The molecule has 0 amide bonds. The van der Waals surface area contributed by atoms with Crippen LogP contribution in [-0.4, -0.2) is 40.7 Å². The van der Waals surface area contributed by atoms with Gasteiger partial charge in [-0.1, -0.05) is 0 Å². The van der Waals surface area contributed by atoms with E-state index in [1.54, 1.807) is 0 Å². The van der Waals surface area contributed by atoms with Gasteiger partial charge in [0.25, 0.3) is 0 Å². The normalized spacial score (nSPS) is 20.9. The zero-order chi connectivity index (χ0) is 17.7. The van der Waals surface area contributed by atoms with Gasteiger partial charge in [0.15, 0.2) is 0 Å². The van der Waals surface area contributed by atoms with Crippen molar-refractivity contribution in [2.24, 2.45) is 0 Å². The Balaban J connectivity index is 5.96. The molecule has 0 aromatic heterocycles. The summed E-state index contributed by atoms with van der Waals surface area (Å²) in [5, 5.41) is 8.10. The minimum Gasteiger partial charge on any atom is -0.333 e. The summed E-state index contributed by atoms with van der Waals surface area (Å²) < 4.78 is 129. The van der Waals surface area contributed by atoms with Crippen molar-refractivity contribution in [3.63, 3.8) is 0 Å². The Morgan fingerprint density at radius 3 is 1.19 bits per heavy atom. The maximum atomic E-state index is 13.7. The molecule has 1 N–H and O–H groups in total. The van der Waals surface area contributed by atoms with Gasteiger partial charge in [0.1, 0.15) is 5.60 Å². The molecule has 2 atom stereocenters. The fourth-order valence-electron chi connectivity index (χ4n) is 1.48. The van der Waals surface area contributed by atoms with Crippen LogP contribution in [0, 0.1) is 0 Å². The molecule has 21 heavy (non-hydrogen) atoms. The van der Waals surface area contributed by atoms with Crippen molar-refractivity contribution in [3.05, 3.63) is 0 Å². The fourth-order valence-corrected chi connectivity index (χ4v) is 1.48. The van der Waals surface area contributed by atoms with Crippen LogP contribution in [0.25, 0.3) is 0 Å². The van der Waals surface area contributed by atoms with Crippen LogP contribution in [0.5, 0.6) is 0 Å². The van der Waals surface area contributed by atoms with Crippen molar-refractivity contribution in [3.8, 4) is 0 Å². The zero-order valence-electron chi connectivity index (χ0n) is 10.6. The van der Waals surface area contributed by atoms with Crippen molar-refractivity contribution in [2.45, 2.75) is 56.4 Å². The van der Waals surface area contributed by atoms with E-state index in [0.29, 0.717) is 0 Å². The van der Waals surface area contributed by atoms with Gasteiger partial charge in [-0.05, 0) is 13.8 Å². The van der Waals surface area contributed by atoms with E-state index in [-0.39, 0.29) is 13.8 Å². The van der Waals surface area contributed by atoms with Crippen molar-refractivity contribution in [1.29, 1.82) is 0 Å². The highest BCUT2D eigenvalue weighted by Gasteiger charge is 2.80. The first kappa shape index (κ1) is 20.2. The molecule has 12 heteroatoms. The summed E-state index contributed by atoms with van der Waals surface area (Å²) in [6, 6.07) is 0. The van der Waals surface area contributed by atoms with E-state index in [9.17, 15) is 43.9 Å². The lowest BCUT2D eigenvalue weighted by atomic mass is 9.85. The number of halogens is 10. The van der Waals surface area contributed by atoms with E-state index >= 15 is 0 Å². The van der Waals surface area contributed by atoms with Crippen molar-refractivity contribution in [1.82, 2.24) is 0 Å². The Labute approximate surface area is 111 Å². The second kappa shape index (κ2) is 4.86. The molecule has 0 bridgehead atoms. The molecule has 2 nitrogen and oxygen atoms in total. The minimum absolute atomic E-state index is 0.200. The lowest BCUT2D eigenvalue weighted by Gasteiger charge is -2.45. The molecular formula is C9H10F10O2. The Morgan fingerprint density at radius 2 is 1.00 bits per heavy atom. The predicted octanol–water partition coefficient (Wildman–Crippen LogP) is 3.89. The molecule has 0 fully saturated rings. The molecular weight excluding hydrogens is 330 g/mol. The summed E-state index contributed by atoms with van der Waals surface area (Å²) in [6.45, 7) is -0.830. The molecule has 0 spiro atoms. The van der Waals surface area contributed by atoms with E-state index in [1.165, 1.54) is 0 Å². The zero-order valence-corrected chi connectivity index (χ0v) is 10.6. The number of hydrogen-bond donors (Lipinski definition) is 1. The summed E-state index contributed by atoms with van der Waals surface area (Å²) >= 11 is 0. The van der Waals surface area contributed by atoms with Gasteiger partial charge in [0.2, 0.25) is 0 Å². The third kappa shape index (κ3) is 3.35. The lowest BCUT2D eigenvalue weighted by Crippen LogP contribution is -2.69. The quantitative estimate of drug-likeness (QED) is 0.787. The Hall–Kier alpha value is -0.780. The largest absolute Gasteiger partial charge is 0.448 e. The number of rotatable bonds is 4. The van der Waals surface area contributed by atoms with Crippen LogP contribution in [-0.2, 0) is 4.74 Å². The second-order valence-corrected chi connectivity index (χ2v) is 4.72. The summed E-state index contributed by atoms with van der Waals surface area (Å²) in [4.78, 5) is 0. The predicted molar refractivity (Wildman–Crippen MR) is 47.8 cm³/mol. The van der Waals surface area contributed by atoms with Gasteiger partial charge >= 0.3 is 30.0 Å². The van der Waals surface area contributed by atoms with E-state index in [0.717, 1.165) is 0 Å². The molecule has 0 aliphatic heterocycles. The van der Waals surface area contributed by atoms with Gasteiger partial charge < -0.3 is 9.84 Å². The van der Waals surface area contributed by atoms with Gasteiger partial charge in [-0.2, -0.15) is 35.1 Å². The highest BCUT2D eigenvalue weighted by molar-refractivity contribution is 5.07. The summed E-state index contributed by atoms with van der Waals surface area (Å²) in [5.41, 5.74) is -10.1. The molecule has 0 saturated heterocycles. The molecule has 0 radical (unpaired) electrons. The van der Waals surface area contributed by atoms with E-state index in [4.69, 9.17) is 5.11 Å². The Bertz CT molecular complexity index is 361. The summed E-state index contributed by atoms with van der Waals surface area (Å²) in [7, 11) is 0. The molecule has 0 aliphatic carbocycles. The van der Waals surface area contributed by atoms with Crippen LogP contribution in [0.15, 0.2) is 0 Å². The van der Waals surface area contributed by atoms with E-state index in [1.807, 2.05) is 0 Å². The summed E-state index contributed by atoms with van der Waals surface area (Å²) in [5.74, 6) is -4.87. The fraction of sp³-hybridized carbons (Fsp3) is 1.00. The third-order valence-corrected chi connectivity index (χ3v) is 2.59. The number of alkyl halides is 10. The minimum atomic E-state index is -6.56. The molecule has 0 rings (SSSR count). The molecule has 0 aromatic rings. The first-order valence-corrected chi connectivity index (χ1v) is 5.02. The molecule has 0 aromatic carbocycles. The topological polar surface area (TPSA) is 29.5 Å². The Morgan fingerprint density at radius 1 is 0.667 bits per heavy atom. The van der Waals surface area contributed by atoms with Gasteiger partial charge in [-0.25, -0.2) is 8.78 Å². The maximum absolute atomic E-state index is 13.7. The smallest absolute Gasteiger partial charge is 0.333 e. The standard InChI is InChI=1S/C9H10F10O2/c1-4(2,21-5(3,10)7(12,13)14)6(11,8(15,16)17)9(18,19)20/h20H,1-3H3/t5?,6-/m0/s1. The first-order valence-electron chi connectivity index (χ1n) is 5.02. The summed E-state index contributed by atoms with van der Waals surface area (Å²) in [6.07, 6.45) is -18.7. The highest BCUT2D eigenvalue weighted by Crippen LogP contribution is 2.54. The first-order chi connectivity index (χ1) is 8.71. The monoisotopic (exact) mass is 340 g/mol. The van der Waals surface area contributed by atoms with Crippen molar-refractivity contribution >= 4 is 0 Å². The average Bonchev–Trinajstić information content (AvgIpc) is 2.08. The highest BCUT2D eigenvalue weighted by atomic mass is 19.4. The number of aliphatic hydroxyl groups is 1. The average molecular weight is 340 g/mol. The van der Waals surface area contributed by atoms with Crippen LogP contribution in [0.1, 0.15) is 20.8 Å². The van der Waals surface area contributed by atoms with Gasteiger partial charge in [0.05, 0.1) is 0 Å². The SMILES string of the molecule is CC(F)(OC(C)(C)[C@@](F)(C(O)(F)F)C(F)(F)F)C(F)(F)F. The molecule has 0 heterocycles. The second-order valence-electron chi connectivity index (χ2n) is 4.72.